The summed E-state index contributed by atoms with van der Waals surface area (Å²) in [5, 5.41) is 9.23. The number of aryl methyl sites for hydroxylation is 1. The molecule has 1 aliphatic heterocycles. The fourth-order valence-corrected chi connectivity index (χ4v) is 1.66. The highest BCUT2D eigenvalue weighted by Crippen LogP contribution is 2.28. The van der Waals surface area contributed by atoms with E-state index in [9.17, 15) is 5.11 Å². The third-order valence-corrected chi connectivity index (χ3v) is 3.51. The first-order chi connectivity index (χ1) is 7.65. The van der Waals surface area contributed by atoms with Crippen LogP contribution in [0.5, 0.6) is 5.88 Å². The van der Waals surface area contributed by atoms with E-state index in [1.807, 2.05) is 19.1 Å². The molecule has 1 aromatic rings. The van der Waals surface area contributed by atoms with Crippen LogP contribution >= 0.6 is 15.9 Å². The van der Waals surface area contributed by atoms with Crippen LogP contribution in [0.2, 0.25) is 0 Å². The monoisotopic (exact) mass is 303 g/mol. The van der Waals surface area contributed by atoms with Crippen molar-refractivity contribution >= 4 is 15.9 Å². The molecule has 1 aromatic heterocycles. The van der Waals surface area contributed by atoms with E-state index in [0.29, 0.717) is 25.7 Å². The Morgan fingerprint density at radius 1 is 1.53 bits per heavy atom. The third-order valence-electron chi connectivity index (χ3n) is 2.67. The zero-order valence-electron chi connectivity index (χ0n) is 9.07. The van der Waals surface area contributed by atoms with Gasteiger partial charge in [-0.3, -0.25) is 0 Å². The van der Waals surface area contributed by atoms with Gasteiger partial charge in [-0.15, -0.1) is 0 Å². The normalized spacial score (nSPS) is 16.9. The number of nitrogens with zero attached hydrogens (tertiary/aromatic N) is 1. The van der Waals surface area contributed by atoms with Gasteiger partial charge < -0.3 is 14.6 Å². The zero-order chi connectivity index (χ0) is 11.6. The van der Waals surface area contributed by atoms with E-state index in [-0.39, 0.29) is 19.4 Å². The van der Waals surface area contributed by atoms with Crippen LogP contribution in [0.4, 0.5) is 0 Å². The highest BCUT2D eigenvalue weighted by Gasteiger charge is 2.39. The summed E-state index contributed by atoms with van der Waals surface area (Å²) in [6.45, 7) is 3.54. The molecule has 96 valence electrons. The molecule has 2 rings (SSSR count). The summed E-state index contributed by atoms with van der Waals surface area (Å²) in [5.74, 6) is 0.584. The Hall–Kier alpha value is -0.650. The Labute approximate surface area is 110 Å². The van der Waals surface area contributed by atoms with Crippen LogP contribution in [-0.2, 0) is 4.74 Å². The van der Waals surface area contributed by atoms with Gasteiger partial charge in [0.05, 0.1) is 30.9 Å². The maximum Gasteiger partial charge on any atom is 0.213 e. The molecule has 1 aliphatic rings. The number of aromatic nitrogens is 1. The summed E-state index contributed by atoms with van der Waals surface area (Å²) in [4.78, 5) is 4.28. The molecule has 17 heavy (non-hydrogen) atoms. The predicted octanol–water partition coefficient (Wildman–Crippen LogP) is 2.18. The number of hydrogen-bond acceptors (Lipinski definition) is 4. The number of pyridine rings is 1. The molecule has 1 saturated heterocycles. The predicted molar refractivity (Wildman–Crippen MR) is 69.2 cm³/mol. The SMILES string of the molecule is C.Cc1nc(OCC2(CO)COC2)ccc1Br. The van der Waals surface area contributed by atoms with Gasteiger partial charge in [0.25, 0.3) is 0 Å². The van der Waals surface area contributed by atoms with Crippen molar-refractivity contribution in [2.75, 3.05) is 26.4 Å². The van der Waals surface area contributed by atoms with Gasteiger partial charge in [-0.25, -0.2) is 4.98 Å². The molecule has 0 bridgehead atoms. The lowest BCUT2D eigenvalue weighted by atomic mass is 9.88. The van der Waals surface area contributed by atoms with Crippen molar-refractivity contribution < 1.29 is 14.6 Å². The van der Waals surface area contributed by atoms with Gasteiger partial charge in [0.15, 0.2) is 0 Å². The quantitative estimate of drug-likeness (QED) is 0.926. The molecule has 0 amide bonds. The summed E-state index contributed by atoms with van der Waals surface area (Å²) >= 11 is 3.38. The number of ether oxygens (including phenoxy) is 2. The van der Waals surface area contributed by atoms with E-state index in [2.05, 4.69) is 20.9 Å². The van der Waals surface area contributed by atoms with Crippen molar-refractivity contribution in [3.63, 3.8) is 0 Å². The summed E-state index contributed by atoms with van der Waals surface area (Å²) in [5.41, 5.74) is 0.656. The molecule has 1 N–H and O–H groups in total. The van der Waals surface area contributed by atoms with Gasteiger partial charge >= 0.3 is 0 Å². The Bertz CT molecular complexity index is 375. The minimum absolute atomic E-state index is 0. The average Bonchev–Trinajstić information content (AvgIpc) is 2.22. The molecular weight excluding hydrogens is 286 g/mol. The van der Waals surface area contributed by atoms with E-state index < -0.39 is 0 Å². The molecule has 5 heteroatoms. The maximum absolute atomic E-state index is 9.23. The Morgan fingerprint density at radius 3 is 2.71 bits per heavy atom. The third kappa shape index (κ3) is 3.18. The summed E-state index contributed by atoms with van der Waals surface area (Å²) in [6, 6.07) is 3.71. The van der Waals surface area contributed by atoms with E-state index in [4.69, 9.17) is 9.47 Å². The van der Waals surface area contributed by atoms with Crippen molar-refractivity contribution in [2.24, 2.45) is 5.41 Å². The standard InChI is InChI=1S/C11H14BrNO3.CH4/c1-8-9(12)2-3-10(13-8)16-7-11(4-14)5-15-6-11;/h2-3,14H,4-7H2,1H3;1H4. The summed E-state index contributed by atoms with van der Waals surface area (Å²) in [6.07, 6.45) is 0. The van der Waals surface area contributed by atoms with Gasteiger partial charge in [-0.2, -0.15) is 0 Å². The van der Waals surface area contributed by atoms with Crippen molar-refractivity contribution in [2.45, 2.75) is 14.4 Å². The maximum atomic E-state index is 9.23. The minimum atomic E-state index is -0.233. The molecule has 0 spiro atoms. The molecule has 0 aromatic carbocycles. The van der Waals surface area contributed by atoms with Gasteiger partial charge in [0.2, 0.25) is 5.88 Å². The second-order valence-corrected chi connectivity index (χ2v) is 5.01. The topological polar surface area (TPSA) is 51.6 Å². The van der Waals surface area contributed by atoms with E-state index in [1.165, 1.54) is 0 Å². The second-order valence-electron chi connectivity index (χ2n) is 4.16. The molecule has 4 nitrogen and oxygen atoms in total. The van der Waals surface area contributed by atoms with Crippen molar-refractivity contribution in [1.82, 2.24) is 4.98 Å². The summed E-state index contributed by atoms with van der Waals surface area (Å²) < 4.78 is 11.6. The van der Waals surface area contributed by atoms with Crippen LogP contribution < -0.4 is 4.74 Å². The number of aliphatic hydroxyl groups is 1. The lowest BCUT2D eigenvalue weighted by Gasteiger charge is -2.39. The van der Waals surface area contributed by atoms with Crippen molar-refractivity contribution in [1.29, 1.82) is 0 Å². The zero-order valence-corrected chi connectivity index (χ0v) is 10.7. The van der Waals surface area contributed by atoms with Gasteiger partial charge in [-0.05, 0) is 28.9 Å². The largest absolute Gasteiger partial charge is 0.477 e. The van der Waals surface area contributed by atoms with Crippen LogP contribution in [0.3, 0.4) is 0 Å². The number of aliphatic hydroxyl groups excluding tert-OH is 1. The smallest absolute Gasteiger partial charge is 0.213 e. The highest BCUT2D eigenvalue weighted by atomic mass is 79.9. The highest BCUT2D eigenvalue weighted by molar-refractivity contribution is 9.10. The average molecular weight is 304 g/mol. The summed E-state index contributed by atoms with van der Waals surface area (Å²) in [7, 11) is 0. The van der Waals surface area contributed by atoms with Crippen LogP contribution in [0.15, 0.2) is 16.6 Å². The van der Waals surface area contributed by atoms with E-state index in [0.717, 1.165) is 10.2 Å². The molecule has 0 saturated carbocycles. The lowest BCUT2D eigenvalue weighted by molar-refractivity contribution is -0.153. The van der Waals surface area contributed by atoms with Crippen molar-refractivity contribution in [3.05, 3.63) is 22.3 Å². The molecule has 2 heterocycles. The molecule has 0 atom stereocenters. The first kappa shape index (κ1) is 14.4. The van der Waals surface area contributed by atoms with Crippen LogP contribution in [0.1, 0.15) is 13.1 Å². The fraction of sp³-hybridized carbons (Fsp3) is 0.583. The van der Waals surface area contributed by atoms with Gasteiger partial charge in [0, 0.05) is 10.5 Å². The fourth-order valence-electron chi connectivity index (χ4n) is 1.44. The minimum Gasteiger partial charge on any atom is -0.477 e. The van der Waals surface area contributed by atoms with Gasteiger partial charge in [0.1, 0.15) is 6.61 Å². The number of halogens is 1. The number of hydrogen-bond donors (Lipinski definition) is 1. The van der Waals surface area contributed by atoms with Crippen LogP contribution in [0, 0.1) is 12.3 Å². The second kappa shape index (κ2) is 5.80. The van der Waals surface area contributed by atoms with E-state index >= 15 is 0 Å². The van der Waals surface area contributed by atoms with Crippen molar-refractivity contribution in [3.8, 4) is 5.88 Å². The van der Waals surface area contributed by atoms with Crippen LogP contribution in [0.25, 0.3) is 0 Å². The Kier molecular flexibility index (Phi) is 4.91. The Balaban J connectivity index is 0.00000144. The first-order valence-corrected chi connectivity index (χ1v) is 5.89. The molecule has 0 radical (unpaired) electrons. The first-order valence-electron chi connectivity index (χ1n) is 5.10. The molecular formula is C12H18BrNO3. The van der Waals surface area contributed by atoms with E-state index in [1.54, 1.807) is 0 Å². The van der Waals surface area contributed by atoms with Gasteiger partial charge in [-0.1, -0.05) is 7.43 Å². The Morgan fingerprint density at radius 2 is 2.24 bits per heavy atom. The molecule has 1 fully saturated rings. The molecule has 0 aliphatic carbocycles. The molecule has 0 unspecified atom stereocenters. The van der Waals surface area contributed by atoms with Crippen LogP contribution in [-0.4, -0.2) is 36.5 Å². The lowest BCUT2D eigenvalue weighted by Crippen LogP contribution is -2.50. The number of rotatable bonds is 4.